The highest BCUT2D eigenvalue weighted by atomic mass is 16.4. The Morgan fingerprint density at radius 2 is 1.12 bits per heavy atom. The van der Waals surface area contributed by atoms with Gasteiger partial charge in [0, 0.05) is 24.4 Å². The highest BCUT2D eigenvalue weighted by Crippen LogP contribution is 2.15. The number of quaternary nitrogens is 1. The molecule has 24 heavy (non-hydrogen) atoms. The Morgan fingerprint density at radius 1 is 0.833 bits per heavy atom. The molecule has 0 fully saturated rings. The molecule has 0 bridgehead atoms. The molecule has 0 spiro atoms. The van der Waals surface area contributed by atoms with Gasteiger partial charge in [0.1, 0.15) is 0 Å². The molecule has 146 valence electrons. The van der Waals surface area contributed by atoms with Crippen molar-refractivity contribution in [3.8, 4) is 0 Å². The van der Waals surface area contributed by atoms with Crippen molar-refractivity contribution in [2.24, 2.45) is 5.41 Å². The summed E-state index contributed by atoms with van der Waals surface area (Å²) in [5.41, 5.74) is -0.694. The fourth-order valence-corrected chi connectivity index (χ4v) is 2.56. The second kappa shape index (κ2) is 14.7. The molecule has 0 radical (unpaired) electrons. The Hall–Kier alpha value is -0.610. The average Bonchev–Trinajstić information content (AvgIpc) is 2.53. The van der Waals surface area contributed by atoms with Gasteiger partial charge in [-0.15, -0.1) is 0 Å². The third-order valence-electron chi connectivity index (χ3n) is 4.36. The van der Waals surface area contributed by atoms with Gasteiger partial charge in [0.05, 0.1) is 26.2 Å². The lowest BCUT2D eigenvalue weighted by molar-refractivity contribution is -0.929. The van der Waals surface area contributed by atoms with Crippen molar-refractivity contribution < 1.29 is 19.5 Å². The zero-order chi connectivity index (χ0) is 19.1. The summed E-state index contributed by atoms with van der Waals surface area (Å²) in [6.45, 7) is 17.1. The molecule has 0 heterocycles. The van der Waals surface area contributed by atoms with E-state index in [9.17, 15) is 9.90 Å². The summed E-state index contributed by atoms with van der Waals surface area (Å²) >= 11 is 0. The maximum Gasteiger partial charge on any atom is 0.0808 e. The van der Waals surface area contributed by atoms with Crippen LogP contribution < -0.4 is 5.11 Å². The van der Waals surface area contributed by atoms with E-state index in [1.54, 1.807) is 20.8 Å². The van der Waals surface area contributed by atoms with Crippen LogP contribution in [0.5, 0.6) is 0 Å². The smallest absolute Gasteiger partial charge is 0.0808 e. The quantitative estimate of drug-likeness (QED) is 0.552. The van der Waals surface area contributed by atoms with E-state index in [-0.39, 0.29) is 0 Å². The van der Waals surface area contributed by atoms with Crippen LogP contribution in [0, 0.1) is 5.41 Å². The van der Waals surface area contributed by atoms with E-state index in [0.29, 0.717) is 6.61 Å². The van der Waals surface area contributed by atoms with Crippen LogP contribution in [0.4, 0.5) is 0 Å². The Bertz CT molecular complexity index is 260. The summed E-state index contributed by atoms with van der Waals surface area (Å²) in [5.74, 6) is -1.01. The third kappa shape index (κ3) is 13.8. The molecule has 0 rings (SSSR count). The minimum Gasteiger partial charge on any atom is -0.550 e. The van der Waals surface area contributed by atoms with E-state index in [1.165, 1.54) is 69.2 Å². The molecule has 0 aliphatic heterocycles. The van der Waals surface area contributed by atoms with E-state index in [1.807, 2.05) is 0 Å². The number of carboxylic acid groups (broad SMARTS) is 1. The molecule has 4 heteroatoms. The number of aliphatic carboxylic acids is 1. The summed E-state index contributed by atoms with van der Waals surface area (Å²) in [4.78, 5) is 9.91. The second-order valence-corrected chi connectivity index (χ2v) is 7.91. The van der Waals surface area contributed by atoms with Crippen LogP contribution in [-0.2, 0) is 4.79 Å². The Labute approximate surface area is 150 Å². The van der Waals surface area contributed by atoms with Crippen LogP contribution in [0.3, 0.4) is 0 Å². The zero-order valence-electron chi connectivity index (χ0n) is 17.2. The largest absolute Gasteiger partial charge is 0.550 e. The number of aliphatic hydroxyl groups is 1. The summed E-state index contributed by atoms with van der Waals surface area (Å²) < 4.78 is 1.26. The van der Waals surface area contributed by atoms with E-state index in [4.69, 9.17) is 5.11 Å². The van der Waals surface area contributed by atoms with E-state index in [0.717, 1.165) is 6.42 Å². The molecular weight excluding hydrogens is 302 g/mol. The Morgan fingerprint density at radius 3 is 1.33 bits per heavy atom. The standard InChI is InChI=1S/C15H34NO.C5H10O2/c1-4-7-11-16(12-8-5-2,13-9-6-3)14-10-15-17;1-5(2,3)4(6)7/h17H,4-15H2,1-3H3;1-3H3,(H,6,7)/q+1;/p-1. The summed E-state index contributed by atoms with van der Waals surface area (Å²) in [5, 5.41) is 19.0. The van der Waals surface area contributed by atoms with E-state index < -0.39 is 11.4 Å². The summed E-state index contributed by atoms with van der Waals surface area (Å²) in [6.07, 6.45) is 8.83. The highest BCUT2D eigenvalue weighted by molar-refractivity contribution is 5.70. The SMILES string of the molecule is CC(C)(C)C(=O)[O-].CCCC[N+](CCCC)(CCCC)CCCO. The molecule has 0 saturated heterocycles. The van der Waals surface area contributed by atoms with Crippen LogP contribution in [0.15, 0.2) is 0 Å². The van der Waals surface area contributed by atoms with Crippen molar-refractivity contribution in [1.82, 2.24) is 0 Å². The molecule has 0 aromatic rings. The minimum atomic E-state index is -1.01. The number of unbranched alkanes of at least 4 members (excludes halogenated alkanes) is 3. The molecule has 0 aliphatic carbocycles. The number of rotatable bonds is 12. The van der Waals surface area contributed by atoms with Gasteiger partial charge in [-0.1, -0.05) is 60.8 Å². The summed E-state index contributed by atoms with van der Waals surface area (Å²) in [7, 11) is 0. The lowest BCUT2D eigenvalue weighted by Crippen LogP contribution is -2.51. The molecule has 4 nitrogen and oxygen atoms in total. The number of carbonyl (C=O) groups excluding carboxylic acids is 1. The monoisotopic (exact) mass is 345 g/mol. The zero-order valence-corrected chi connectivity index (χ0v) is 17.2. The maximum atomic E-state index is 9.91. The number of carbonyl (C=O) groups is 1. The normalized spacial score (nSPS) is 11.8. The second-order valence-electron chi connectivity index (χ2n) is 7.91. The van der Waals surface area contributed by atoms with Gasteiger partial charge >= 0.3 is 0 Å². The first-order chi connectivity index (χ1) is 11.2. The fourth-order valence-electron chi connectivity index (χ4n) is 2.56. The summed E-state index contributed by atoms with van der Waals surface area (Å²) in [6, 6.07) is 0. The first-order valence-corrected chi connectivity index (χ1v) is 9.86. The first kappa shape index (κ1) is 25.6. The van der Waals surface area contributed by atoms with Crippen molar-refractivity contribution in [1.29, 1.82) is 0 Å². The number of hydrogen-bond donors (Lipinski definition) is 1. The van der Waals surface area contributed by atoms with Crippen LogP contribution in [0.2, 0.25) is 0 Å². The molecule has 0 unspecified atom stereocenters. The molecule has 0 aromatic carbocycles. The first-order valence-electron chi connectivity index (χ1n) is 9.86. The maximum absolute atomic E-state index is 9.91. The van der Waals surface area contributed by atoms with Gasteiger partial charge in [-0.25, -0.2) is 0 Å². The Balaban J connectivity index is 0. The molecule has 0 amide bonds. The lowest BCUT2D eigenvalue weighted by atomic mass is 9.98. The van der Waals surface area contributed by atoms with Gasteiger partial charge in [-0.2, -0.15) is 0 Å². The number of hydrogen-bond acceptors (Lipinski definition) is 3. The topological polar surface area (TPSA) is 60.4 Å². The number of nitrogens with zero attached hydrogens (tertiary/aromatic N) is 1. The van der Waals surface area contributed by atoms with Crippen molar-refractivity contribution in [2.75, 3.05) is 32.8 Å². The van der Waals surface area contributed by atoms with Crippen LogP contribution >= 0.6 is 0 Å². The van der Waals surface area contributed by atoms with Gasteiger partial charge in [0.2, 0.25) is 0 Å². The molecule has 0 aromatic heterocycles. The number of carboxylic acids is 1. The van der Waals surface area contributed by atoms with E-state index in [2.05, 4.69) is 20.8 Å². The lowest BCUT2D eigenvalue weighted by Gasteiger charge is -2.39. The molecule has 0 atom stereocenters. The van der Waals surface area contributed by atoms with Crippen molar-refractivity contribution >= 4 is 5.97 Å². The van der Waals surface area contributed by atoms with Crippen molar-refractivity contribution in [3.63, 3.8) is 0 Å². The predicted octanol–water partition coefficient (Wildman–Crippen LogP) is 3.37. The van der Waals surface area contributed by atoms with Crippen LogP contribution in [0.1, 0.15) is 86.5 Å². The molecular formula is C20H43NO3. The predicted molar refractivity (Wildman–Crippen MR) is 101 cm³/mol. The molecule has 1 N–H and O–H groups in total. The third-order valence-corrected chi connectivity index (χ3v) is 4.36. The van der Waals surface area contributed by atoms with Crippen LogP contribution in [-0.4, -0.2) is 48.3 Å². The molecule has 0 aliphatic rings. The molecule has 0 saturated carbocycles. The minimum absolute atomic E-state index is 0.352. The van der Waals surface area contributed by atoms with Crippen LogP contribution in [0.25, 0.3) is 0 Å². The average molecular weight is 346 g/mol. The Kier molecular flexibility index (Phi) is 15.7. The fraction of sp³-hybridized carbons (Fsp3) is 0.950. The number of aliphatic hydroxyl groups excluding tert-OH is 1. The van der Waals surface area contributed by atoms with Crippen molar-refractivity contribution in [3.05, 3.63) is 0 Å². The van der Waals surface area contributed by atoms with Gasteiger partial charge in [0.15, 0.2) is 0 Å². The highest BCUT2D eigenvalue weighted by Gasteiger charge is 2.24. The van der Waals surface area contributed by atoms with E-state index >= 15 is 0 Å². The van der Waals surface area contributed by atoms with Gasteiger partial charge < -0.3 is 19.5 Å². The van der Waals surface area contributed by atoms with Gasteiger partial charge in [-0.3, -0.25) is 0 Å². The van der Waals surface area contributed by atoms with Gasteiger partial charge in [-0.05, 0) is 19.3 Å². The van der Waals surface area contributed by atoms with Crippen molar-refractivity contribution in [2.45, 2.75) is 86.5 Å². The van der Waals surface area contributed by atoms with Gasteiger partial charge in [0.25, 0.3) is 0 Å².